The van der Waals surface area contributed by atoms with E-state index in [-0.39, 0.29) is 11.9 Å². The van der Waals surface area contributed by atoms with Gasteiger partial charge in [-0.15, -0.1) is 0 Å². The highest BCUT2D eigenvalue weighted by molar-refractivity contribution is 5.80. The fourth-order valence-electron chi connectivity index (χ4n) is 4.39. The van der Waals surface area contributed by atoms with Crippen LogP contribution in [-0.2, 0) is 17.6 Å². The second-order valence-electron chi connectivity index (χ2n) is 7.90. The van der Waals surface area contributed by atoms with Gasteiger partial charge in [0.25, 0.3) is 0 Å². The largest absolute Gasteiger partial charge is 0.497 e. The highest BCUT2D eigenvalue weighted by Gasteiger charge is 2.35. The minimum atomic E-state index is -0.299. The van der Waals surface area contributed by atoms with Crippen LogP contribution in [0.2, 0.25) is 0 Å². The van der Waals surface area contributed by atoms with Crippen molar-refractivity contribution in [3.8, 4) is 5.75 Å². The van der Waals surface area contributed by atoms with Crippen molar-refractivity contribution < 1.29 is 13.9 Å². The summed E-state index contributed by atoms with van der Waals surface area (Å²) in [6.45, 7) is 0.648. The molecule has 31 heavy (non-hydrogen) atoms. The first-order valence-corrected chi connectivity index (χ1v) is 10.7. The minimum Gasteiger partial charge on any atom is -0.497 e. The molecule has 1 atom stereocenters. The van der Waals surface area contributed by atoms with Crippen LogP contribution < -0.4 is 4.74 Å². The van der Waals surface area contributed by atoms with Crippen LogP contribution in [-0.4, -0.2) is 34.4 Å². The van der Waals surface area contributed by atoms with Crippen LogP contribution in [0.4, 0.5) is 0 Å². The predicted octanol–water partition coefficient (Wildman–Crippen LogP) is 4.66. The molecule has 1 amide bonds. The molecule has 0 spiro atoms. The quantitative estimate of drug-likeness (QED) is 0.497. The number of benzene rings is 2. The molecule has 1 N–H and O–H groups in total. The van der Waals surface area contributed by atoms with E-state index in [9.17, 15) is 4.79 Å². The van der Waals surface area contributed by atoms with Crippen LogP contribution in [0.15, 0.2) is 65.3 Å². The number of amides is 1. The first-order valence-electron chi connectivity index (χ1n) is 10.7. The van der Waals surface area contributed by atoms with Crippen LogP contribution in [0.25, 0.3) is 11.0 Å². The molecular formula is C25H25N3O3. The number of aromatic amines is 1. The van der Waals surface area contributed by atoms with Crippen molar-refractivity contribution >= 4 is 16.9 Å². The van der Waals surface area contributed by atoms with E-state index in [0.717, 1.165) is 53.1 Å². The Bertz CT molecular complexity index is 1180. The van der Waals surface area contributed by atoms with Crippen molar-refractivity contribution in [3.63, 3.8) is 0 Å². The third-order valence-corrected chi connectivity index (χ3v) is 5.95. The number of imidazole rings is 1. The van der Waals surface area contributed by atoms with Gasteiger partial charge in [0, 0.05) is 30.5 Å². The van der Waals surface area contributed by atoms with E-state index in [4.69, 9.17) is 9.15 Å². The number of nitrogens with zero attached hydrogens (tertiary/aromatic N) is 2. The predicted molar refractivity (Wildman–Crippen MR) is 118 cm³/mol. The summed E-state index contributed by atoms with van der Waals surface area (Å²) in [5.41, 5.74) is 3.96. The van der Waals surface area contributed by atoms with E-state index in [1.807, 2.05) is 53.4 Å². The topological polar surface area (TPSA) is 71.4 Å². The molecule has 2 aromatic carbocycles. The van der Waals surface area contributed by atoms with Gasteiger partial charge in [-0.3, -0.25) is 4.79 Å². The fourth-order valence-corrected chi connectivity index (χ4v) is 4.39. The molecule has 158 valence electrons. The minimum absolute atomic E-state index is 0.127. The molecule has 3 heterocycles. The van der Waals surface area contributed by atoms with Crippen molar-refractivity contribution in [2.24, 2.45) is 0 Å². The molecule has 0 bridgehead atoms. The van der Waals surface area contributed by atoms with E-state index >= 15 is 0 Å². The van der Waals surface area contributed by atoms with Gasteiger partial charge in [-0.2, -0.15) is 0 Å². The number of ether oxygens (including phenoxy) is 1. The van der Waals surface area contributed by atoms with Gasteiger partial charge in [0.05, 0.1) is 19.1 Å². The van der Waals surface area contributed by atoms with E-state index in [1.165, 1.54) is 5.56 Å². The molecule has 1 aliphatic rings. The van der Waals surface area contributed by atoms with Crippen LogP contribution in [0.1, 0.15) is 41.6 Å². The number of furan rings is 1. The highest BCUT2D eigenvalue weighted by atomic mass is 16.5. The Balaban J connectivity index is 1.35. The molecule has 1 aliphatic heterocycles. The van der Waals surface area contributed by atoms with Gasteiger partial charge in [0.1, 0.15) is 23.1 Å². The SMILES string of the molecule is COc1cccc(CCCC(=O)N2CCc3[nH]cnc3[C@@H]2c2cc3ccccc3o2)c1. The average molecular weight is 415 g/mol. The van der Waals surface area contributed by atoms with Gasteiger partial charge in [-0.25, -0.2) is 4.98 Å². The Kier molecular flexibility index (Phi) is 5.20. The molecule has 6 heteroatoms. The summed E-state index contributed by atoms with van der Waals surface area (Å²) < 4.78 is 11.4. The fraction of sp³-hybridized carbons (Fsp3) is 0.280. The monoisotopic (exact) mass is 415 g/mol. The summed E-state index contributed by atoms with van der Waals surface area (Å²) in [6, 6.07) is 17.7. The third-order valence-electron chi connectivity index (χ3n) is 5.95. The normalized spacial score (nSPS) is 15.8. The molecule has 0 radical (unpaired) electrons. The number of hydrogen-bond acceptors (Lipinski definition) is 4. The number of nitrogens with one attached hydrogen (secondary N) is 1. The summed E-state index contributed by atoms with van der Waals surface area (Å²) in [5, 5.41) is 1.03. The summed E-state index contributed by atoms with van der Waals surface area (Å²) in [4.78, 5) is 23.0. The Hall–Kier alpha value is -3.54. The van der Waals surface area contributed by atoms with Crippen molar-refractivity contribution in [3.05, 3.63) is 83.6 Å². The zero-order valence-electron chi connectivity index (χ0n) is 17.5. The zero-order valence-corrected chi connectivity index (χ0v) is 17.5. The Morgan fingerprint density at radius 1 is 1.23 bits per heavy atom. The van der Waals surface area contributed by atoms with Gasteiger partial charge in [-0.1, -0.05) is 30.3 Å². The van der Waals surface area contributed by atoms with Gasteiger partial charge >= 0.3 is 0 Å². The Morgan fingerprint density at radius 2 is 2.13 bits per heavy atom. The summed E-state index contributed by atoms with van der Waals surface area (Å²) in [7, 11) is 1.67. The van der Waals surface area contributed by atoms with Gasteiger partial charge in [0.2, 0.25) is 5.91 Å². The Morgan fingerprint density at radius 3 is 3.00 bits per heavy atom. The maximum atomic E-state index is 13.3. The highest BCUT2D eigenvalue weighted by Crippen LogP contribution is 2.36. The smallest absolute Gasteiger partial charge is 0.223 e. The lowest BCUT2D eigenvalue weighted by molar-refractivity contribution is -0.133. The van der Waals surface area contributed by atoms with Crippen molar-refractivity contribution in [2.45, 2.75) is 31.7 Å². The third kappa shape index (κ3) is 3.81. The number of carbonyl (C=O) groups excluding carboxylic acids is 1. The molecule has 0 aliphatic carbocycles. The standard InChI is InChI=1S/C25H25N3O3/c1-30-19-9-4-6-17(14-19)7-5-11-23(29)28-13-12-20-24(27-16-26-20)25(28)22-15-18-8-2-3-10-21(18)31-22/h2-4,6,8-10,14-16,25H,5,7,11-13H2,1H3,(H,26,27)/t25-/m0/s1. The van der Waals surface area contributed by atoms with E-state index in [2.05, 4.69) is 16.0 Å². The summed E-state index contributed by atoms with van der Waals surface area (Å²) in [5.74, 6) is 1.73. The van der Waals surface area contributed by atoms with Gasteiger partial charge in [0.15, 0.2) is 0 Å². The number of carbonyl (C=O) groups is 1. The molecule has 4 aromatic rings. The number of hydrogen-bond donors (Lipinski definition) is 1. The summed E-state index contributed by atoms with van der Waals surface area (Å²) in [6.07, 6.45) is 4.57. The van der Waals surface area contributed by atoms with Gasteiger partial charge < -0.3 is 19.0 Å². The van der Waals surface area contributed by atoms with Crippen LogP contribution >= 0.6 is 0 Å². The second kappa shape index (κ2) is 8.30. The zero-order chi connectivity index (χ0) is 21.2. The lowest BCUT2D eigenvalue weighted by Crippen LogP contribution is -2.40. The average Bonchev–Trinajstić information content (AvgIpc) is 3.45. The number of methoxy groups -OCH3 is 1. The van der Waals surface area contributed by atoms with Crippen LogP contribution in [0.5, 0.6) is 5.75 Å². The number of aryl methyl sites for hydroxylation is 1. The van der Waals surface area contributed by atoms with Crippen LogP contribution in [0.3, 0.4) is 0 Å². The van der Waals surface area contributed by atoms with E-state index < -0.39 is 0 Å². The van der Waals surface area contributed by atoms with Crippen molar-refractivity contribution in [1.82, 2.24) is 14.9 Å². The number of H-pyrrole nitrogens is 1. The molecule has 0 unspecified atom stereocenters. The van der Waals surface area contributed by atoms with Gasteiger partial charge in [-0.05, 0) is 42.7 Å². The molecule has 5 rings (SSSR count). The first-order chi connectivity index (χ1) is 15.2. The van der Waals surface area contributed by atoms with Crippen LogP contribution in [0, 0.1) is 0 Å². The lowest BCUT2D eigenvalue weighted by atomic mass is 9.99. The molecule has 0 fully saturated rings. The number of para-hydroxylation sites is 1. The maximum absolute atomic E-state index is 13.3. The molecule has 0 saturated carbocycles. The first kappa shape index (κ1) is 19.4. The van der Waals surface area contributed by atoms with Crippen molar-refractivity contribution in [2.75, 3.05) is 13.7 Å². The second-order valence-corrected chi connectivity index (χ2v) is 7.90. The lowest BCUT2D eigenvalue weighted by Gasteiger charge is -2.33. The number of fused-ring (bicyclic) bond motifs is 2. The Labute approximate surface area is 180 Å². The molecular weight excluding hydrogens is 390 g/mol. The number of rotatable bonds is 6. The molecule has 0 saturated heterocycles. The summed E-state index contributed by atoms with van der Waals surface area (Å²) >= 11 is 0. The number of aromatic nitrogens is 2. The van der Waals surface area contributed by atoms with Crippen molar-refractivity contribution in [1.29, 1.82) is 0 Å². The molecule has 2 aromatic heterocycles. The maximum Gasteiger partial charge on any atom is 0.223 e. The van der Waals surface area contributed by atoms with E-state index in [0.29, 0.717) is 13.0 Å². The van der Waals surface area contributed by atoms with E-state index in [1.54, 1.807) is 13.4 Å². The molecule has 6 nitrogen and oxygen atoms in total.